The van der Waals surface area contributed by atoms with Crippen molar-refractivity contribution in [2.45, 2.75) is 39.3 Å². The van der Waals surface area contributed by atoms with E-state index in [1.807, 2.05) is 18.4 Å². The summed E-state index contributed by atoms with van der Waals surface area (Å²) in [6, 6.07) is -0.0370. The number of hydrogen-bond acceptors (Lipinski definition) is 4. The number of aromatic nitrogens is 2. The number of rotatable bonds is 6. The number of imidazole rings is 1. The van der Waals surface area contributed by atoms with E-state index in [-0.39, 0.29) is 12.0 Å². The highest BCUT2D eigenvalue weighted by atomic mass is 16.5. The first kappa shape index (κ1) is 12.7. The molecule has 1 heterocycles. The van der Waals surface area contributed by atoms with Gasteiger partial charge in [0.1, 0.15) is 0 Å². The summed E-state index contributed by atoms with van der Waals surface area (Å²) in [4.78, 5) is 15.2. The standard InChI is InChI=1S/C11H19N3O2/c1-3-16-11(15)5-4-6-14-8-13-7-10(14)9(2)12/h7-9H,3-6,12H2,1-2H3/t9-/m0/s1. The number of nitrogens with two attached hydrogens (primary N) is 1. The number of ether oxygens (including phenoxy) is 1. The zero-order chi connectivity index (χ0) is 12.0. The van der Waals surface area contributed by atoms with Crippen molar-refractivity contribution in [2.75, 3.05) is 6.61 Å². The molecule has 1 rings (SSSR count). The lowest BCUT2D eigenvalue weighted by Gasteiger charge is -2.10. The van der Waals surface area contributed by atoms with E-state index >= 15 is 0 Å². The molecule has 1 aromatic rings. The summed E-state index contributed by atoms with van der Waals surface area (Å²) in [5.74, 6) is -0.148. The second kappa shape index (κ2) is 6.27. The molecule has 0 fully saturated rings. The Morgan fingerprint density at radius 1 is 1.69 bits per heavy atom. The summed E-state index contributed by atoms with van der Waals surface area (Å²) in [5, 5.41) is 0. The summed E-state index contributed by atoms with van der Waals surface area (Å²) in [5.41, 5.74) is 6.78. The van der Waals surface area contributed by atoms with Crippen LogP contribution in [0.15, 0.2) is 12.5 Å². The van der Waals surface area contributed by atoms with Gasteiger partial charge in [0.15, 0.2) is 0 Å². The molecule has 1 aromatic heterocycles. The van der Waals surface area contributed by atoms with Crippen LogP contribution in [-0.4, -0.2) is 22.1 Å². The van der Waals surface area contributed by atoms with E-state index in [2.05, 4.69) is 4.98 Å². The largest absolute Gasteiger partial charge is 0.466 e. The Morgan fingerprint density at radius 2 is 2.44 bits per heavy atom. The maximum Gasteiger partial charge on any atom is 0.305 e. The monoisotopic (exact) mass is 225 g/mol. The van der Waals surface area contributed by atoms with Gasteiger partial charge in [-0.1, -0.05) is 0 Å². The lowest BCUT2D eigenvalue weighted by molar-refractivity contribution is -0.143. The van der Waals surface area contributed by atoms with E-state index in [4.69, 9.17) is 10.5 Å². The second-order valence-electron chi connectivity index (χ2n) is 3.71. The summed E-state index contributed by atoms with van der Waals surface area (Å²) in [6.45, 7) is 4.91. The lowest BCUT2D eigenvalue weighted by Crippen LogP contribution is -2.13. The van der Waals surface area contributed by atoms with E-state index in [0.717, 1.165) is 18.7 Å². The number of hydrogen-bond donors (Lipinski definition) is 1. The molecule has 2 N–H and O–H groups in total. The highest BCUT2D eigenvalue weighted by Crippen LogP contribution is 2.09. The molecule has 5 nitrogen and oxygen atoms in total. The van der Waals surface area contributed by atoms with Gasteiger partial charge in [-0.15, -0.1) is 0 Å². The minimum Gasteiger partial charge on any atom is -0.466 e. The molecule has 0 aliphatic rings. The van der Waals surface area contributed by atoms with E-state index in [0.29, 0.717) is 13.0 Å². The van der Waals surface area contributed by atoms with Crippen molar-refractivity contribution >= 4 is 5.97 Å². The van der Waals surface area contributed by atoms with Gasteiger partial charge in [0.25, 0.3) is 0 Å². The van der Waals surface area contributed by atoms with Crippen LogP contribution in [0, 0.1) is 0 Å². The van der Waals surface area contributed by atoms with Crippen molar-refractivity contribution in [3.8, 4) is 0 Å². The maximum atomic E-state index is 11.1. The maximum absolute atomic E-state index is 11.1. The number of carbonyl (C=O) groups excluding carboxylic acids is 1. The number of nitrogens with zero attached hydrogens (tertiary/aromatic N) is 2. The van der Waals surface area contributed by atoms with E-state index < -0.39 is 0 Å². The molecule has 0 aliphatic heterocycles. The van der Waals surface area contributed by atoms with Crippen molar-refractivity contribution < 1.29 is 9.53 Å². The van der Waals surface area contributed by atoms with Gasteiger partial charge < -0.3 is 15.0 Å². The number of carbonyl (C=O) groups is 1. The normalized spacial score (nSPS) is 12.4. The Hall–Kier alpha value is -1.36. The molecule has 1 atom stereocenters. The minimum atomic E-state index is -0.148. The van der Waals surface area contributed by atoms with Crippen LogP contribution < -0.4 is 5.73 Å². The SMILES string of the molecule is CCOC(=O)CCCn1cncc1[C@H](C)N. The molecule has 0 spiro atoms. The summed E-state index contributed by atoms with van der Waals surface area (Å²) in [6.07, 6.45) is 4.68. The third kappa shape index (κ3) is 3.66. The molecule has 16 heavy (non-hydrogen) atoms. The van der Waals surface area contributed by atoms with Gasteiger partial charge in [0, 0.05) is 25.2 Å². The van der Waals surface area contributed by atoms with Crippen LogP contribution >= 0.6 is 0 Å². The van der Waals surface area contributed by atoms with Crippen molar-refractivity contribution in [3.63, 3.8) is 0 Å². The molecule has 90 valence electrons. The Bertz CT molecular complexity index is 334. The lowest BCUT2D eigenvalue weighted by atomic mass is 10.2. The molecule has 0 radical (unpaired) electrons. The van der Waals surface area contributed by atoms with Gasteiger partial charge >= 0.3 is 5.97 Å². The molecule has 0 aromatic carbocycles. The molecule has 0 amide bonds. The van der Waals surface area contributed by atoms with Crippen LogP contribution in [-0.2, 0) is 16.1 Å². The smallest absolute Gasteiger partial charge is 0.305 e. The first-order valence-corrected chi connectivity index (χ1v) is 5.56. The van der Waals surface area contributed by atoms with Gasteiger partial charge in [-0.2, -0.15) is 0 Å². The predicted octanol–water partition coefficient (Wildman–Crippen LogP) is 1.25. The van der Waals surface area contributed by atoms with Crippen LogP contribution in [0.1, 0.15) is 38.4 Å². The highest BCUT2D eigenvalue weighted by Gasteiger charge is 2.07. The fraction of sp³-hybridized carbons (Fsp3) is 0.636. The van der Waals surface area contributed by atoms with Crippen molar-refractivity contribution in [1.82, 2.24) is 9.55 Å². The van der Waals surface area contributed by atoms with Gasteiger partial charge in [-0.05, 0) is 20.3 Å². The van der Waals surface area contributed by atoms with Crippen LogP contribution in [0.4, 0.5) is 0 Å². The third-order valence-corrected chi connectivity index (χ3v) is 2.30. The molecule has 5 heteroatoms. The zero-order valence-corrected chi connectivity index (χ0v) is 9.85. The molecule has 0 bridgehead atoms. The average Bonchev–Trinajstić information content (AvgIpc) is 2.66. The fourth-order valence-electron chi connectivity index (χ4n) is 1.52. The van der Waals surface area contributed by atoms with Crippen molar-refractivity contribution in [1.29, 1.82) is 0 Å². The molecule has 0 saturated heterocycles. The molecule has 0 saturated carbocycles. The van der Waals surface area contributed by atoms with E-state index in [1.54, 1.807) is 12.5 Å². The molecule has 0 unspecified atom stereocenters. The van der Waals surface area contributed by atoms with Gasteiger partial charge in [-0.25, -0.2) is 4.98 Å². The van der Waals surface area contributed by atoms with Gasteiger partial charge in [-0.3, -0.25) is 4.79 Å². The van der Waals surface area contributed by atoms with Crippen LogP contribution in [0.2, 0.25) is 0 Å². The Labute approximate surface area is 95.6 Å². The quantitative estimate of drug-likeness (QED) is 0.740. The zero-order valence-electron chi connectivity index (χ0n) is 9.85. The predicted molar refractivity (Wildman–Crippen MR) is 60.7 cm³/mol. The Morgan fingerprint density at radius 3 is 3.06 bits per heavy atom. The average molecular weight is 225 g/mol. The van der Waals surface area contributed by atoms with Crippen LogP contribution in [0.5, 0.6) is 0 Å². The van der Waals surface area contributed by atoms with E-state index in [9.17, 15) is 4.79 Å². The Kier molecular flexibility index (Phi) is 4.98. The molecular formula is C11H19N3O2. The van der Waals surface area contributed by atoms with Crippen LogP contribution in [0.25, 0.3) is 0 Å². The fourth-order valence-corrected chi connectivity index (χ4v) is 1.52. The summed E-state index contributed by atoms with van der Waals surface area (Å²) < 4.78 is 6.83. The minimum absolute atomic E-state index is 0.0370. The van der Waals surface area contributed by atoms with Gasteiger partial charge in [0.2, 0.25) is 0 Å². The number of aryl methyl sites for hydroxylation is 1. The van der Waals surface area contributed by atoms with Gasteiger partial charge in [0.05, 0.1) is 18.6 Å². The third-order valence-electron chi connectivity index (χ3n) is 2.30. The molecular weight excluding hydrogens is 206 g/mol. The second-order valence-corrected chi connectivity index (χ2v) is 3.71. The summed E-state index contributed by atoms with van der Waals surface area (Å²) in [7, 11) is 0. The molecule has 0 aliphatic carbocycles. The van der Waals surface area contributed by atoms with Crippen molar-refractivity contribution in [2.24, 2.45) is 5.73 Å². The van der Waals surface area contributed by atoms with E-state index in [1.165, 1.54) is 0 Å². The Balaban J connectivity index is 2.37. The summed E-state index contributed by atoms with van der Waals surface area (Å²) >= 11 is 0. The van der Waals surface area contributed by atoms with Crippen molar-refractivity contribution in [3.05, 3.63) is 18.2 Å². The first-order chi connectivity index (χ1) is 7.65. The van der Waals surface area contributed by atoms with Crippen LogP contribution in [0.3, 0.4) is 0 Å². The first-order valence-electron chi connectivity index (χ1n) is 5.56. The number of esters is 1. The highest BCUT2D eigenvalue weighted by molar-refractivity contribution is 5.69. The topological polar surface area (TPSA) is 70.1 Å².